The van der Waals surface area contributed by atoms with Crippen LogP contribution in [0.25, 0.3) is 0 Å². The smallest absolute Gasteiger partial charge is 0.0269 e. The van der Waals surface area contributed by atoms with Crippen molar-refractivity contribution in [3.05, 3.63) is 0 Å². The van der Waals surface area contributed by atoms with E-state index in [0.717, 1.165) is 19.3 Å². The van der Waals surface area contributed by atoms with Crippen molar-refractivity contribution in [2.24, 2.45) is 5.92 Å². The minimum absolute atomic E-state index is 0.351. The zero-order chi connectivity index (χ0) is 8.48. The third-order valence-electron chi connectivity index (χ3n) is 1.42. The van der Waals surface area contributed by atoms with Crippen LogP contribution in [-0.2, 0) is 0 Å². The maximum atomic E-state index is 7.52. The van der Waals surface area contributed by atoms with Crippen molar-refractivity contribution in [1.29, 1.82) is 0 Å². The van der Waals surface area contributed by atoms with E-state index in [1.54, 1.807) is 0 Å². The topological polar surface area (TPSA) is 0 Å². The van der Waals surface area contributed by atoms with Gasteiger partial charge in [-0.15, -0.1) is 0 Å². The minimum Gasteiger partial charge on any atom is -0.0625 e. The van der Waals surface area contributed by atoms with E-state index in [-0.39, 0.29) is 12.3 Å². The fourth-order valence-electron chi connectivity index (χ4n) is 0.945. The van der Waals surface area contributed by atoms with Crippen molar-refractivity contribution in [3.63, 3.8) is 0 Å². The molecule has 0 bridgehead atoms. The molecule has 2 atom stereocenters. The van der Waals surface area contributed by atoms with Gasteiger partial charge >= 0.3 is 0 Å². The van der Waals surface area contributed by atoms with Gasteiger partial charge in [0.2, 0.25) is 0 Å². The molecule has 0 radical (unpaired) electrons. The van der Waals surface area contributed by atoms with Gasteiger partial charge in [-0.2, -0.15) is 0 Å². The quantitative estimate of drug-likeness (QED) is 0.441. The highest BCUT2D eigenvalue weighted by molar-refractivity contribution is 4.59. The molecule has 0 heteroatoms. The van der Waals surface area contributed by atoms with E-state index in [0.29, 0.717) is 6.42 Å². The molecule has 0 amide bonds. The van der Waals surface area contributed by atoms with E-state index in [4.69, 9.17) is 5.48 Å². The van der Waals surface area contributed by atoms with E-state index in [2.05, 4.69) is 0 Å². The first-order valence-corrected chi connectivity index (χ1v) is 2.94. The Labute approximate surface area is 51.5 Å². The molecule has 1 saturated carbocycles. The van der Waals surface area contributed by atoms with Crippen molar-refractivity contribution in [3.8, 4) is 0 Å². The monoisotopic (exact) mass is 102 g/mol. The van der Waals surface area contributed by atoms with Gasteiger partial charge in [0, 0.05) is 5.48 Å². The summed E-state index contributed by atoms with van der Waals surface area (Å²) in [5.74, 6) is -0.365. The lowest BCUT2D eigenvalue weighted by molar-refractivity contribution is 0.385. The van der Waals surface area contributed by atoms with E-state index < -0.39 is 6.85 Å². The summed E-state index contributed by atoms with van der Waals surface area (Å²) in [7, 11) is 0. The Morgan fingerprint density at radius 2 is 2.57 bits per heavy atom. The van der Waals surface area contributed by atoms with Gasteiger partial charge in [-0.05, 0) is 5.92 Å². The number of hydrogen-bond donors (Lipinski definition) is 0. The first kappa shape index (κ1) is 2.08. The van der Waals surface area contributed by atoms with Crippen molar-refractivity contribution in [2.75, 3.05) is 0 Å². The summed E-state index contributed by atoms with van der Waals surface area (Å²) in [6, 6.07) is 0. The van der Waals surface area contributed by atoms with Crippen LogP contribution < -0.4 is 0 Å². The van der Waals surface area contributed by atoms with Crippen LogP contribution in [0.3, 0.4) is 0 Å². The first-order valence-electron chi connectivity index (χ1n) is 5.02. The molecule has 1 aliphatic rings. The normalized spacial score (nSPS) is 53.7. The van der Waals surface area contributed by atoms with Crippen LogP contribution in [0.1, 0.15) is 44.4 Å². The lowest BCUT2D eigenvalue weighted by Crippen LogP contribution is -1.99. The summed E-state index contributed by atoms with van der Waals surface area (Å²) in [4.78, 5) is 0. The molecular formula is C7H14. The second-order valence-corrected chi connectivity index (χ2v) is 2.13. The van der Waals surface area contributed by atoms with Crippen LogP contribution in [0.2, 0.25) is 0 Å². The van der Waals surface area contributed by atoms with Crippen LogP contribution in [0, 0.1) is 5.92 Å². The molecule has 0 spiro atoms. The van der Waals surface area contributed by atoms with Crippen molar-refractivity contribution in [1.82, 2.24) is 0 Å². The molecule has 1 fully saturated rings. The summed E-state index contributed by atoms with van der Waals surface area (Å²) in [6.45, 7) is -1.90. The van der Waals surface area contributed by atoms with Gasteiger partial charge in [-0.3, -0.25) is 0 Å². The van der Waals surface area contributed by atoms with Gasteiger partial charge in [0.05, 0.1) is 0 Å². The first-order chi connectivity index (χ1) is 5.02. The molecule has 1 rings (SSSR count). The predicted molar refractivity (Wildman–Crippen MR) is 32.2 cm³/mol. The van der Waals surface area contributed by atoms with E-state index >= 15 is 0 Å². The highest BCUT2D eigenvalue weighted by atomic mass is 14.1. The number of hydrogen-bond acceptors (Lipinski definition) is 0. The van der Waals surface area contributed by atoms with Crippen molar-refractivity contribution in [2.45, 2.75) is 38.9 Å². The van der Waals surface area contributed by atoms with Gasteiger partial charge < -0.3 is 0 Å². The molecule has 1 aliphatic carbocycles. The molecule has 0 aromatic rings. The molecule has 0 aromatic heterocycles. The molecule has 0 aromatic carbocycles. The molecule has 0 aliphatic heterocycles. The predicted octanol–water partition coefficient (Wildman–Crippen LogP) is 2.59. The second-order valence-electron chi connectivity index (χ2n) is 2.13. The van der Waals surface area contributed by atoms with E-state index in [9.17, 15) is 0 Å². The third kappa shape index (κ3) is 1.50. The maximum Gasteiger partial charge on any atom is 0.0269 e. The zero-order valence-electron chi connectivity index (χ0n) is 8.48. The van der Waals surface area contributed by atoms with Gasteiger partial charge in [0.25, 0.3) is 0 Å². The highest BCUT2D eigenvalue weighted by Crippen LogP contribution is 2.21. The minimum atomic E-state index is -1.90. The molecular weight excluding hydrogens is 84.1 g/mol. The van der Waals surface area contributed by atoms with Gasteiger partial charge in [-0.25, -0.2) is 0 Å². The van der Waals surface area contributed by atoms with Crippen molar-refractivity contribution < 1.29 is 5.48 Å². The maximum absolute atomic E-state index is 7.52. The van der Waals surface area contributed by atoms with Gasteiger partial charge in [-0.1, -0.05) is 38.9 Å². The Morgan fingerprint density at radius 3 is 3.14 bits per heavy atom. The SMILES string of the molecule is [2H]C1CCCCC1C([2H])([2H])[2H]. The van der Waals surface area contributed by atoms with Crippen LogP contribution in [-0.4, -0.2) is 0 Å². The standard InChI is InChI=1S/C7H14/c1-7-5-3-2-4-6-7/h7H,2-6H2,1H3/i1D3,5D. The van der Waals surface area contributed by atoms with Gasteiger partial charge in [0.15, 0.2) is 0 Å². The average Bonchev–Trinajstić information content (AvgIpc) is 1.86. The van der Waals surface area contributed by atoms with E-state index in [1.165, 1.54) is 0 Å². The molecule has 0 nitrogen and oxygen atoms in total. The molecule has 42 valence electrons. The van der Waals surface area contributed by atoms with Gasteiger partial charge in [0.1, 0.15) is 0 Å². The highest BCUT2D eigenvalue weighted by Gasteiger charge is 2.05. The molecule has 0 N–H and O–H groups in total. The zero-order valence-corrected chi connectivity index (χ0v) is 4.48. The lowest BCUT2D eigenvalue weighted by atomic mass is 9.91. The fourth-order valence-corrected chi connectivity index (χ4v) is 0.945. The largest absolute Gasteiger partial charge is 0.0625 e. The van der Waals surface area contributed by atoms with Crippen LogP contribution in [0.5, 0.6) is 0 Å². The fraction of sp³-hybridized carbons (Fsp3) is 1.00. The third-order valence-corrected chi connectivity index (χ3v) is 1.42. The summed E-state index contributed by atoms with van der Waals surface area (Å²) >= 11 is 0. The van der Waals surface area contributed by atoms with Crippen LogP contribution in [0.15, 0.2) is 0 Å². The lowest BCUT2D eigenvalue weighted by Gasteiger charge is -2.15. The molecule has 7 heavy (non-hydrogen) atoms. The molecule has 0 heterocycles. The van der Waals surface area contributed by atoms with Crippen LogP contribution in [0.4, 0.5) is 0 Å². The second kappa shape index (κ2) is 2.34. The van der Waals surface area contributed by atoms with Crippen molar-refractivity contribution >= 4 is 0 Å². The Kier molecular flexibility index (Phi) is 0.697. The average molecular weight is 102 g/mol. The van der Waals surface area contributed by atoms with Crippen LogP contribution >= 0.6 is 0 Å². The summed E-state index contributed by atoms with van der Waals surface area (Å²) < 4.78 is 29.0. The Hall–Kier alpha value is 0. The Bertz CT molecular complexity index is 129. The summed E-state index contributed by atoms with van der Waals surface area (Å²) in [6.07, 6.45) is 3.14. The summed E-state index contributed by atoms with van der Waals surface area (Å²) in [5, 5.41) is 0. The Balaban J connectivity index is 2.55. The number of rotatable bonds is 0. The molecule has 2 unspecified atom stereocenters. The molecule has 0 saturated heterocycles. The Morgan fingerprint density at radius 1 is 1.57 bits per heavy atom. The van der Waals surface area contributed by atoms with E-state index in [1.807, 2.05) is 0 Å². The summed E-state index contributed by atoms with van der Waals surface area (Å²) in [5.41, 5.74) is 0.